The molecule has 0 amide bonds. The average Bonchev–Trinajstić information content (AvgIpc) is 1.70. The number of para-hydroxylation sites is 4. The number of pyridine rings is 4. The third-order valence-electron chi connectivity index (χ3n) is 18.2. The molecule has 91 heavy (non-hydrogen) atoms. The zero-order valence-electron chi connectivity index (χ0n) is 50.1. The lowest BCUT2D eigenvalue weighted by molar-refractivity contribution is 0.661. The number of rotatable bonds is 12. The fraction of sp³-hybridized carbons (Fsp3) is 0.0361. The van der Waals surface area contributed by atoms with Crippen LogP contribution in [0.4, 0.5) is 68.2 Å². The van der Waals surface area contributed by atoms with Crippen molar-refractivity contribution in [1.82, 2.24) is 19.9 Å². The molecule has 8 nitrogen and oxygen atoms in total. The predicted molar refractivity (Wildman–Crippen MR) is 379 cm³/mol. The van der Waals surface area contributed by atoms with Crippen LogP contribution in [0.25, 0.3) is 76.3 Å². The summed E-state index contributed by atoms with van der Waals surface area (Å²) in [6, 6.07) is 106. The van der Waals surface area contributed by atoms with Gasteiger partial charge in [-0.05, 0) is 204 Å². The summed E-state index contributed by atoms with van der Waals surface area (Å²) in [5.41, 5.74) is 20.6. The van der Waals surface area contributed by atoms with Crippen LogP contribution in [0.3, 0.4) is 0 Å². The van der Waals surface area contributed by atoms with E-state index in [1.807, 2.05) is 49.1 Å². The van der Waals surface area contributed by atoms with Crippen molar-refractivity contribution in [2.24, 2.45) is 0 Å². The molecular weight excluding hydrogens is 1110 g/mol. The first-order chi connectivity index (χ1) is 44.9. The van der Waals surface area contributed by atoms with Crippen molar-refractivity contribution in [3.63, 3.8) is 0 Å². The Labute approximate surface area is 527 Å². The van der Waals surface area contributed by atoms with E-state index in [1.54, 1.807) is 0 Å². The molecule has 0 saturated carbocycles. The smallest absolute Gasteiger partial charge is 0.0703 e. The van der Waals surface area contributed by atoms with Gasteiger partial charge in [0.2, 0.25) is 0 Å². The second-order valence-electron chi connectivity index (χ2n) is 23.9. The highest BCUT2D eigenvalue weighted by molar-refractivity contribution is 6.25. The van der Waals surface area contributed by atoms with E-state index >= 15 is 0 Å². The summed E-state index contributed by atoms with van der Waals surface area (Å²) in [6.07, 6.45) is 7.46. The van der Waals surface area contributed by atoms with Crippen molar-refractivity contribution in [2.45, 2.75) is 19.3 Å². The van der Waals surface area contributed by atoms with E-state index in [0.717, 1.165) is 133 Å². The maximum absolute atomic E-state index is 4.84. The molecule has 0 N–H and O–H groups in total. The van der Waals surface area contributed by atoms with Crippen LogP contribution in [0.1, 0.15) is 25.0 Å². The van der Waals surface area contributed by atoms with Crippen molar-refractivity contribution in [3.8, 4) is 11.1 Å². The summed E-state index contributed by atoms with van der Waals surface area (Å²) in [6.45, 7) is 4.81. The van der Waals surface area contributed by atoms with Crippen molar-refractivity contribution in [1.29, 1.82) is 0 Å². The summed E-state index contributed by atoms with van der Waals surface area (Å²) in [5, 5.41) is 8.56. The summed E-state index contributed by atoms with van der Waals surface area (Å²) in [7, 11) is 0. The molecule has 0 atom stereocenters. The minimum Gasteiger partial charge on any atom is -0.310 e. The average molecular weight is 1170 g/mol. The number of anilines is 12. The lowest BCUT2D eigenvalue weighted by Crippen LogP contribution is -2.18. The Morgan fingerprint density at radius 1 is 0.231 bits per heavy atom. The minimum atomic E-state index is -0.455. The van der Waals surface area contributed by atoms with Gasteiger partial charge in [0.1, 0.15) is 0 Å². The van der Waals surface area contributed by atoms with Gasteiger partial charge in [-0.2, -0.15) is 0 Å². The van der Waals surface area contributed by atoms with Gasteiger partial charge in [0.25, 0.3) is 0 Å². The molecule has 8 heteroatoms. The van der Waals surface area contributed by atoms with Crippen LogP contribution in [-0.4, -0.2) is 19.9 Å². The predicted octanol–water partition coefficient (Wildman–Crippen LogP) is 22.4. The number of fused-ring (bicyclic) bond motifs is 9. The van der Waals surface area contributed by atoms with E-state index in [2.05, 4.69) is 300 Å². The largest absolute Gasteiger partial charge is 0.310 e. The van der Waals surface area contributed by atoms with E-state index in [1.165, 1.54) is 22.3 Å². The number of nitrogens with zero attached hydrogens (tertiary/aromatic N) is 8. The molecule has 1 aliphatic carbocycles. The van der Waals surface area contributed by atoms with Crippen LogP contribution in [0.2, 0.25) is 0 Å². The standard InChI is InChI=1S/C83H58N8/c1-83(2)75-52-68(89(60-25-9-4-10-26-60)64-34-40-78-56(48-64)20-16-44-85-78)31-37-69(75)71-53-73-74(54-76(71)83)81(90(61-27-11-5-12-28-61)65-35-41-79-57(49-65)21-17-45-86-79)70-38-32-67(88(59-23-7-3-8-24-59)63-33-39-77-55(47-63)19-15-43-84-77)51-72(70)82(73)91(62-29-13-6-14-30-62)66-36-42-80-58(50-66)22-18-46-87-80/h3-54H,1-2H3. The van der Waals surface area contributed by atoms with Crippen LogP contribution in [0.15, 0.2) is 316 Å². The van der Waals surface area contributed by atoms with E-state index in [0.29, 0.717) is 0 Å². The molecule has 0 aliphatic heterocycles. The molecule has 17 rings (SSSR count). The summed E-state index contributed by atoms with van der Waals surface area (Å²) < 4.78 is 0. The van der Waals surface area contributed by atoms with Gasteiger partial charge in [0, 0.05) is 130 Å². The molecule has 0 radical (unpaired) electrons. The Morgan fingerprint density at radius 3 is 0.978 bits per heavy atom. The topological polar surface area (TPSA) is 64.5 Å². The first-order valence-corrected chi connectivity index (χ1v) is 30.9. The second-order valence-corrected chi connectivity index (χ2v) is 23.9. The minimum absolute atomic E-state index is 0.455. The highest BCUT2D eigenvalue weighted by Gasteiger charge is 2.39. The van der Waals surface area contributed by atoms with Crippen LogP contribution in [0, 0.1) is 0 Å². The molecule has 16 aromatic rings. The highest BCUT2D eigenvalue weighted by Crippen LogP contribution is 2.58. The van der Waals surface area contributed by atoms with Gasteiger partial charge in [-0.3, -0.25) is 19.9 Å². The summed E-state index contributed by atoms with van der Waals surface area (Å²) >= 11 is 0. The number of hydrogen-bond acceptors (Lipinski definition) is 8. The van der Waals surface area contributed by atoms with Gasteiger partial charge in [-0.15, -0.1) is 0 Å². The van der Waals surface area contributed by atoms with Crippen LogP contribution in [0.5, 0.6) is 0 Å². The van der Waals surface area contributed by atoms with Gasteiger partial charge in [0.15, 0.2) is 0 Å². The van der Waals surface area contributed by atoms with Gasteiger partial charge in [-0.25, -0.2) is 0 Å². The SMILES string of the molecule is CC1(C)c2cc(N(c3ccccc3)c3ccc4ncccc4c3)ccc2-c2cc3c(N(c4ccccc4)c4ccc5ncccc5c4)c4cc(N(c5ccccc5)c5ccc6ncccc6c5)ccc4c(N(c4ccccc4)c4ccc5ncccc5c4)c3cc21. The lowest BCUT2D eigenvalue weighted by Gasteiger charge is -2.34. The zero-order valence-corrected chi connectivity index (χ0v) is 50.1. The van der Waals surface area contributed by atoms with E-state index < -0.39 is 5.41 Å². The van der Waals surface area contributed by atoms with Crippen LogP contribution < -0.4 is 19.6 Å². The molecule has 0 spiro atoms. The third-order valence-corrected chi connectivity index (χ3v) is 18.2. The molecular formula is C83H58N8. The van der Waals surface area contributed by atoms with E-state index in [4.69, 9.17) is 19.9 Å². The normalized spacial score (nSPS) is 12.4. The Morgan fingerprint density at radius 2 is 0.549 bits per heavy atom. The summed E-state index contributed by atoms with van der Waals surface area (Å²) in [4.78, 5) is 28.8. The zero-order chi connectivity index (χ0) is 60.6. The second kappa shape index (κ2) is 21.7. The van der Waals surface area contributed by atoms with Crippen molar-refractivity contribution >= 4 is 133 Å². The Bertz CT molecular complexity index is 5490. The van der Waals surface area contributed by atoms with Gasteiger partial charge >= 0.3 is 0 Å². The first-order valence-electron chi connectivity index (χ1n) is 30.9. The Balaban J connectivity index is 1.00. The number of benzene rings is 12. The van der Waals surface area contributed by atoms with Gasteiger partial charge < -0.3 is 19.6 Å². The molecule has 0 saturated heterocycles. The molecule has 0 unspecified atom stereocenters. The molecule has 4 heterocycles. The highest BCUT2D eigenvalue weighted by atomic mass is 15.2. The van der Waals surface area contributed by atoms with Crippen molar-refractivity contribution < 1.29 is 0 Å². The lowest BCUT2D eigenvalue weighted by atomic mass is 9.81. The molecule has 0 bridgehead atoms. The van der Waals surface area contributed by atoms with E-state index in [-0.39, 0.29) is 0 Å². The molecule has 1 aliphatic rings. The Hall–Kier alpha value is -12.0. The monoisotopic (exact) mass is 1170 g/mol. The first kappa shape index (κ1) is 53.3. The molecule has 0 fully saturated rings. The van der Waals surface area contributed by atoms with Crippen molar-refractivity contribution in [2.75, 3.05) is 19.6 Å². The number of hydrogen-bond donors (Lipinski definition) is 0. The van der Waals surface area contributed by atoms with Gasteiger partial charge in [-0.1, -0.05) is 123 Å². The maximum atomic E-state index is 4.84. The summed E-state index contributed by atoms with van der Waals surface area (Å²) in [5.74, 6) is 0. The molecule has 430 valence electrons. The fourth-order valence-corrected chi connectivity index (χ4v) is 14.0. The third kappa shape index (κ3) is 9.14. The van der Waals surface area contributed by atoms with Crippen LogP contribution >= 0.6 is 0 Å². The van der Waals surface area contributed by atoms with E-state index in [9.17, 15) is 0 Å². The fourth-order valence-electron chi connectivity index (χ4n) is 14.0. The van der Waals surface area contributed by atoms with Gasteiger partial charge in [0.05, 0.1) is 33.4 Å². The van der Waals surface area contributed by atoms with Crippen molar-refractivity contribution in [3.05, 3.63) is 327 Å². The molecule has 12 aromatic carbocycles. The quantitative estimate of drug-likeness (QED) is 0.0886. The Kier molecular flexibility index (Phi) is 12.7. The number of aromatic nitrogens is 4. The molecule has 4 aromatic heterocycles. The maximum Gasteiger partial charge on any atom is 0.0703 e. The van der Waals surface area contributed by atoms with Crippen LogP contribution in [-0.2, 0) is 5.41 Å².